The molecule has 0 amide bonds. The first-order chi connectivity index (χ1) is 9.38. The number of aryl methyl sites for hydroxylation is 2. The predicted octanol–water partition coefficient (Wildman–Crippen LogP) is 4.56. The lowest BCUT2D eigenvalue weighted by molar-refractivity contribution is 0.0697. The van der Waals surface area contributed by atoms with Crippen molar-refractivity contribution in [3.05, 3.63) is 50.6 Å². The fraction of sp³-hybridized carbons (Fsp3) is 0.143. The highest BCUT2D eigenvalue weighted by Crippen LogP contribution is 2.30. The molecule has 0 aliphatic carbocycles. The molecule has 2 aromatic rings. The van der Waals surface area contributed by atoms with Crippen LogP contribution in [-0.4, -0.2) is 16.1 Å². The molecule has 0 radical (unpaired) electrons. The van der Waals surface area contributed by atoms with Crippen molar-refractivity contribution in [2.45, 2.75) is 13.8 Å². The summed E-state index contributed by atoms with van der Waals surface area (Å²) >= 11 is 9.45. The molecule has 1 aromatic carbocycles. The number of aromatic nitrogens is 1. The van der Waals surface area contributed by atoms with Crippen molar-refractivity contribution < 1.29 is 9.90 Å². The number of carboxylic acid groups (broad SMARTS) is 1. The van der Waals surface area contributed by atoms with Crippen molar-refractivity contribution in [1.29, 1.82) is 0 Å². The van der Waals surface area contributed by atoms with Gasteiger partial charge in [0.05, 0.1) is 10.7 Å². The van der Waals surface area contributed by atoms with Crippen molar-refractivity contribution in [3.8, 4) is 0 Å². The molecule has 0 aliphatic rings. The van der Waals surface area contributed by atoms with Crippen molar-refractivity contribution in [1.82, 2.24) is 4.98 Å². The van der Waals surface area contributed by atoms with Crippen molar-refractivity contribution in [3.63, 3.8) is 0 Å². The Morgan fingerprint density at radius 1 is 1.35 bits per heavy atom. The molecule has 0 atom stereocenters. The quantitative estimate of drug-likeness (QED) is 0.847. The van der Waals surface area contributed by atoms with E-state index in [9.17, 15) is 9.90 Å². The van der Waals surface area contributed by atoms with Gasteiger partial charge >= 0.3 is 5.97 Å². The smallest absolute Gasteiger partial charge is 0.339 e. The number of carboxylic acids is 1. The lowest BCUT2D eigenvalue weighted by Crippen LogP contribution is -2.08. The highest BCUT2D eigenvalue weighted by atomic mass is 79.9. The summed E-state index contributed by atoms with van der Waals surface area (Å²) in [5.41, 5.74) is 2.13. The van der Waals surface area contributed by atoms with E-state index in [0.29, 0.717) is 16.3 Å². The summed E-state index contributed by atoms with van der Waals surface area (Å²) in [4.78, 5) is 15.6. The van der Waals surface area contributed by atoms with E-state index in [1.54, 1.807) is 31.2 Å². The van der Waals surface area contributed by atoms with Crippen molar-refractivity contribution in [2.24, 2.45) is 0 Å². The van der Waals surface area contributed by atoms with Gasteiger partial charge in [0.15, 0.2) is 0 Å². The second kappa shape index (κ2) is 5.81. The van der Waals surface area contributed by atoms with Crippen LogP contribution in [0.5, 0.6) is 0 Å². The second-order valence-corrected chi connectivity index (χ2v) is 5.68. The Morgan fingerprint density at radius 2 is 2.05 bits per heavy atom. The average Bonchev–Trinajstić information content (AvgIpc) is 2.32. The van der Waals surface area contributed by atoms with Crippen molar-refractivity contribution in [2.75, 3.05) is 5.32 Å². The molecule has 1 heterocycles. The zero-order valence-corrected chi connectivity index (χ0v) is 13.2. The number of anilines is 2. The number of rotatable bonds is 3. The van der Waals surface area contributed by atoms with Crippen LogP contribution >= 0.6 is 27.5 Å². The number of carbonyl (C=O) groups is 1. The zero-order valence-electron chi connectivity index (χ0n) is 10.9. The average molecular weight is 356 g/mol. The largest absolute Gasteiger partial charge is 0.478 e. The van der Waals surface area contributed by atoms with Gasteiger partial charge < -0.3 is 10.4 Å². The van der Waals surface area contributed by atoms with Crippen LogP contribution < -0.4 is 5.32 Å². The molecule has 2 N–H and O–H groups in total. The topological polar surface area (TPSA) is 62.2 Å². The summed E-state index contributed by atoms with van der Waals surface area (Å²) in [5, 5.41) is 12.8. The molecule has 0 spiro atoms. The lowest BCUT2D eigenvalue weighted by Gasteiger charge is -2.13. The standard InChI is InChI=1S/C14H12BrClN2O2/c1-7-5-8(2)17-13(12(7)14(19)20)18-11-6-9(15)3-4-10(11)16/h3-6H,1-2H3,(H,17,18)(H,19,20). The minimum Gasteiger partial charge on any atom is -0.478 e. The van der Waals surface area contributed by atoms with Crippen LogP contribution in [0.3, 0.4) is 0 Å². The lowest BCUT2D eigenvalue weighted by atomic mass is 10.1. The van der Waals surface area contributed by atoms with Crippen LogP contribution in [0.15, 0.2) is 28.7 Å². The monoisotopic (exact) mass is 354 g/mol. The molecular formula is C14H12BrClN2O2. The van der Waals surface area contributed by atoms with Gasteiger partial charge in [-0.05, 0) is 43.7 Å². The Morgan fingerprint density at radius 3 is 2.70 bits per heavy atom. The number of nitrogens with zero attached hydrogens (tertiary/aromatic N) is 1. The molecular weight excluding hydrogens is 344 g/mol. The van der Waals surface area contributed by atoms with E-state index >= 15 is 0 Å². The third-order valence-corrected chi connectivity index (χ3v) is 3.56. The van der Waals surface area contributed by atoms with Gasteiger partial charge in [0, 0.05) is 10.2 Å². The van der Waals surface area contributed by atoms with Crippen LogP contribution in [0.1, 0.15) is 21.6 Å². The summed E-state index contributed by atoms with van der Waals surface area (Å²) in [7, 11) is 0. The zero-order chi connectivity index (χ0) is 14.9. The molecule has 20 heavy (non-hydrogen) atoms. The van der Waals surface area contributed by atoms with Gasteiger partial charge in [-0.15, -0.1) is 0 Å². The Kier molecular flexibility index (Phi) is 4.30. The first-order valence-corrected chi connectivity index (χ1v) is 6.99. The number of halogens is 2. The van der Waals surface area contributed by atoms with E-state index in [4.69, 9.17) is 11.6 Å². The number of pyridine rings is 1. The van der Waals surface area contributed by atoms with Gasteiger partial charge in [0.1, 0.15) is 11.4 Å². The molecule has 6 heteroatoms. The van der Waals surface area contributed by atoms with Gasteiger partial charge in [0.2, 0.25) is 0 Å². The molecule has 0 saturated carbocycles. The van der Waals surface area contributed by atoms with Crippen molar-refractivity contribution >= 4 is 45.0 Å². The second-order valence-electron chi connectivity index (χ2n) is 4.36. The maximum Gasteiger partial charge on any atom is 0.339 e. The Bertz CT molecular complexity index is 689. The molecule has 0 unspecified atom stereocenters. The SMILES string of the molecule is Cc1cc(C)c(C(=O)O)c(Nc2cc(Br)ccc2Cl)n1. The van der Waals surface area contributed by atoms with Gasteiger partial charge in [-0.3, -0.25) is 0 Å². The maximum absolute atomic E-state index is 11.4. The predicted molar refractivity (Wildman–Crippen MR) is 83.1 cm³/mol. The van der Waals surface area contributed by atoms with E-state index in [0.717, 1.165) is 10.2 Å². The molecule has 2 rings (SSSR count). The molecule has 4 nitrogen and oxygen atoms in total. The minimum absolute atomic E-state index is 0.145. The Labute approximate surface area is 129 Å². The summed E-state index contributed by atoms with van der Waals surface area (Å²) < 4.78 is 0.839. The number of benzene rings is 1. The summed E-state index contributed by atoms with van der Waals surface area (Å²) in [5.74, 6) is -0.737. The molecule has 0 fully saturated rings. The fourth-order valence-electron chi connectivity index (χ4n) is 1.92. The van der Waals surface area contributed by atoms with E-state index in [-0.39, 0.29) is 11.4 Å². The normalized spacial score (nSPS) is 10.4. The summed E-state index contributed by atoms with van der Waals surface area (Å²) in [6, 6.07) is 7.03. The summed E-state index contributed by atoms with van der Waals surface area (Å²) in [6.07, 6.45) is 0. The van der Waals surface area contributed by atoms with E-state index in [1.807, 2.05) is 6.92 Å². The fourth-order valence-corrected chi connectivity index (χ4v) is 2.44. The van der Waals surface area contributed by atoms with E-state index in [2.05, 4.69) is 26.2 Å². The van der Waals surface area contributed by atoms with Crippen LogP contribution in [0.25, 0.3) is 0 Å². The molecule has 0 bridgehead atoms. The number of nitrogens with one attached hydrogen (secondary N) is 1. The van der Waals surface area contributed by atoms with Crippen LogP contribution in [-0.2, 0) is 0 Å². The molecule has 1 aromatic heterocycles. The maximum atomic E-state index is 11.4. The third kappa shape index (κ3) is 3.11. The minimum atomic E-state index is -1.02. The van der Waals surface area contributed by atoms with Crippen LogP contribution in [0, 0.1) is 13.8 Å². The highest BCUT2D eigenvalue weighted by molar-refractivity contribution is 9.10. The highest BCUT2D eigenvalue weighted by Gasteiger charge is 2.16. The van der Waals surface area contributed by atoms with Gasteiger partial charge in [0.25, 0.3) is 0 Å². The molecule has 0 aliphatic heterocycles. The van der Waals surface area contributed by atoms with E-state index in [1.165, 1.54) is 0 Å². The summed E-state index contributed by atoms with van der Waals surface area (Å²) in [6.45, 7) is 3.55. The number of hydrogen-bond donors (Lipinski definition) is 2. The van der Waals surface area contributed by atoms with Gasteiger partial charge in [-0.1, -0.05) is 27.5 Å². The van der Waals surface area contributed by atoms with Crippen LogP contribution in [0.4, 0.5) is 11.5 Å². The number of aromatic carboxylic acids is 1. The first-order valence-electron chi connectivity index (χ1n) is 5.82. The first kappa shape index (κ1) is 14.8. The Balaban J connectivity index is 2.53. The molecule has 0 saturated heterocycles. The van der Waals surface area contributed by atoms with Crippen LogP contribution in [0.2, 0.25) is 5.02 Å². The Hall–Kier alpha value is -1.59. The third-order valence-electron chi connectivity index (χ3n) is 2.74. The number of hydrogen-bond acceptors (Lipinski definition) is 3. The molecule has 104 valence electrons. The van der Waals surface area contributed by atoms with Gasteiger partial charge in [-0.2, -0.15) is 0 Å². The van der Waals surface area contributed by atoms with E-state index < -0.39 is 5.97 Å². The van der Waals surface area contributed by atoms with Gasteiger partial charge in [-0.25, -0.2) is 9.78 Å².